The van der Waals surface area contributed by atoms with E-state index < -0.39 is 11.8 Å². The van der Waals surface area contributed by atoms with Gasteiger partial charge in [0.05, 0.1) is 36.1 Å². The summed E-state index contributed by atoms with van der Waals surface area (Å²) in [6.07, 6.45) is 1.84. The number of carbonyl (C=O) groups is 2. The molecule has 0 radical (unpaired) electrons. The SMILES string of the molecule is CCN1C(=O)C(CCNc2cccc(CCN3COCC3(C)C)c2)SC1CC(C#N)C(=O)NCC#N. The zero-order chi connectivity index (χ0) is 26.1. The summed E-state index contributed by atoms with van der Waals surface area (Å²) in [5.41, 5.74) is 2.35. The van der Waals surface area contributed by atoms with E-state index in [-0.39, 0.29) is 35.0 Å². The average Bonchev–Trinajstić information content (AvgIpc) is 3.36. The van der Waals surface area contributed by atoms with E-state index in [4.69, 9.17) is 10.00 Å². The van der Waals surface area contributed by atoms with E-state index in [1.165, 1.54) is 17.3 Å². The van der Waals surface area contributed by atoms with E-state index in [0.717, 1.165) is 25.3 Å². The second-order valence-electron chi connectivity index (χ2n) is 9.72. The van der Waals surface area contributed by atoms with Crippen molar-refractivity contribution < 1.29 is 14.3 Å². The van der Waals surface area contributed by atoms with Gasteiger partial charge in [0.2, 0.25) is 11.8 Å². The Bertz CT molecular complexity index is 1000. The molecule has 9 nitrogen and oxygen atoms in total. The van der Waals surface area contributed by atoms with Gasteiger partial charge in [-0.1, -0.05) is 12.1 Å². The summed E-state index contributed by atoms with van der Waals surface area (Å²) >= 11 is 1.52. The first kappa shape index (κ1) is 27.8. The molecule has 3 unspecified atom stereocenters. The fourth-order valence-electron chi connectivity index (χ4n) is 4.54. The Morgan fingerprint density at radius 3 is 2.83 bits per heavy atom. The molecule has 194 valence electrons. The topological polar surface area (TPSA) is 121 Å². The highest BCUT2D eigenvalue weighted by Gasteiger charge is 2.41. The van der Waals surface area contributed by atoms with Gasteiger partial charge in [-0.05, 0) is 51.3 Å². The van der Waals surface area contributed by atoms with E-state index in [1.807, 2.05) is 31.2 Å². The van der Waals surface area contributed by atoms with Crippen LogP contribution >= 0.6 is 11.8 Å². The number of thioether (sulfide) groups is 1. The monoisotopic (exact) mass is 512 g/mol. The van der Waals surface area contributed by atoms with Gasteiger partial charge in [-0.2, -0.15) is 10.5 Å². The van der Waals surface area contributed by atoms with Crippen molar-refractivity contribution in [3.05, 3.63) is 29.8 Å². The average molecular weight is 513 g/mol. The molecule has 3 rings (SSSR count). The summed E-state index contributed by atoms with van der Waals surface area (Å²) in [4.78, 5) is 29.2. The molecule has 1 aromatic rings. The van der Waals surface area contributed by atoms with E-state index in [2.05, 4.69) is 41.5 Å². The van der Waals surface area contributed by atoms with E-state index in [9.17, 15) is 14.9 Å². The van der Waals surface area contributed by atoms with Crippen LogP contribution in [0.2, 0.25) is 0 Å². The molecular weight excluding hydrogens is 476 g/mol. The normalized spacial score (nSPS) is 22.1. The number of nitrogens with zero attached hydrogens (tertiary/aromatic N) is 4. The molecule has 2 fully saturated rings. The number of nitriles is 2. The first-order valence-electron chi connectivity index (χ1n) is 12.4. The Morgan fingerprint density at radius 2 is 2.17 bits per heavy atom. The van der Waals surface area contributed by atoms with Gasteiger partial charge >= 0.3 is 0 Å². The Morgan fingerprint density at radius 1 is 1.36 bits per heavy atom. The van der Waals surface area contributed by atoms with Crippen LogP contribution in [0.15, 0.2) is 24.3 Å². The predicted octanol–water partition coefficient (Wildman–Crippen LogP) is 2.56. The molecule has 1 aromatic carbocycles. The third-order valence-electron chi connectivity index (χ3n) is 6.71. The second kappa shape index (κ2) is 13.0. The highest BCUT2D eigenvalue weighted by Crippen LogP contribution is 2.37. The molecule has 2 heterocycles. The Labute approximate surface area is 218 Å². The number of hydrogen-bond acceptors (Lipinski definition) is 8. The highest BCUT2D eigenvalue weighted by molar-refractivity contribution is 8.01. The fourth-order valence-corrected chi connectivity index (χ4v) is 6.13. The third kappa shape index (κ3) is 7.13. The maximum Gasteiger partial charge on any atom is 0.238 e. The van der Waals surface area contributed by atoms with Crippen LogP contribution in [0.3, 0.4) is 0 Å². The summed E-state index contributed by atoms with van der Waals surface area (Å²) in [5.74, 6) is -1.31. The Hall–Kier alpha value is -2.79. The van der Waals surface area contributed by atoms with Crippen LogP contribution in [-0.2, 0) is 20.7 Å². The predicted molar refractivity (Wildman–Crippen MR) is 140 cm³/mol. The second-order valence-corrected chi connectivity index (χ2v) is 11.1. The van der Waals surface area contributed by atoms with Gasteiger partial charge in [0.1, 0.15) is 12.5 Å². The van der Waals surface area contributed by atoms with Gasteiger partial charge in [0.15, 0.2) is 0 Å². The number of benzene rings is 1. The molecule has 2 amide bonds. The number of anilines is 1. The molecule has 2 aliphatic rings. The van der Waals surface area contributed by atoms with Gasteiger partial charge in [-0.25, -0.2) is 0 Å². The zero-order valence-corrected chi connectivity index (χ0v) is 22.1. The molecule has 3 atom stereocenters. The van der Waals surface area contributed by atoms with E-state index in [0.29, 0.717) is 26.2 Å². The van der Waals surface area contributed by atoms with Gasteiger partial charge < -0.3 is 20.3 Å². The van der Waals surface area contributed by atoms with Crippen molar-refractivity contribution in [3.63, 3.8) is 0 Å². The minimum absolute atomic E-state index is 0.0487. The van der Waals surface area contributed by atoms with Gasteiger partial charge in [0, 0.05) is 37.3 Å². The summed E-state index contributed by atoms with van der Waals surface area (Å²) in [7, 11) is 0. The molecule has 36 heavy (non-hydrogen) atoms. The molecule has 2 N–H and O–H groups in total. The Kier molecular flexibility index (Phi) is 10.0. The van der Waals surface area contributed by atoms with Crippen LogP contribution in [0.25, 0.3) is 0 Å². The quantitative estimate of drug-likeness (QED) is 0.410. The molecule has 2 saturated heterocycles. The molecule has 0 aromatic heterocycles. The molecule has 0 saturated carbocycles. The fraction of sp³-hybridized carbons (Fsp3) is 0.615. The number of ether oxygens (including phenoxy) is 1. The molecule has 10 heteroatoms. The van der Waals surface area contributed by atoms with E-state index >= 15 is 0 Å². The van der Waals surface area contributed by atoms with Crippen LogP contribution in [0.4, 0.5) is 5.69 Å². The lowest BCUT2D eigenvalue weighted by Crippen LogP contribution is -2.41. The van der Waals surface area contributed by atoms with Crippen molar-refractivity contribution in [3.8, 4) is 12.1 Å². The first-order chi connectivity index (χ1) is 17.3. The number of amides is 2. The minimum atomic E-state index is -0.894. The number of carbonyl (C=O) groups excluding carboxylic acids is 2. The van der Waals surface area contributed by atoms with Crippen molar-refractivity contribution >= 4 is 29.3 Å². The third-order valence-corrected chi connectivity index (χ3v) is 8.24. The Balaban J connectivity index is 1.49. The van der Waals surface area contributed by atoms with Gasteiger partial charge in [0.25, 0.3) is 0 Å². The molecule has 0 spiro atoms. The zero-order valence-electron chi connectivity index (χ0n) is 21.3. The number of nitrogens with one attached hydrogen (secondary N) is 2. The minimum Gasteiger partial charge on any atom is -0.385 e. The lowest BCUT2D eigenvalue weighted by atomic mass is 10.0. The van der Waals surface area contributed by atoms with Gasteiger partial charge in [-0.3, -0.25) is 14.5 Å². The van der Waals surface area contributed by atoms with E-state index in [1.54, 1.807) is 4.90 Å². The molecular formula is C26H36N6O3S. The van der Waals surface area contributed by atoms with Crippen molar-refractivity contribution in [2.75, 3.05) is 44.8 Å². The lowest BCUT2D eigenvalue weighted by Gasteiger charge is -2.28. The first-order valence-corrected chi connectivity index (χ1v) is 13.4. The summed E-state index contributed by atoms with van der Waals surface area (Å²) in [6.45, 7) is 9.73. The molecule has 2 aliphatic heterocycles. The van der Waals surface area contributed by atoms with Crippen molar-refractivity contribution in [2.24, 2.45) is 5.92 Å². The van der Waals surface area contributed by atoms with Crippen LogP contribution < -0.4 is 10.6 Å². The summed E-state index contributed by atoms with van der Waals surface area (Å²) in [6, 6.07) is 12.2. The lowest BCUT2D eigenvalue weighted by molar-refractivity contribution is -0.131. The summed E-state index contributed by atoms with van der Waals surface area (Å²) < 4.78 is 5.61. The van der Waals surface area contributed by atoms with Crippen LogP contribution in [-0.4, -0.2) is 77.3 Å². The van der Waals surface area contributed by atoms with Crippen molar-refractivity contribution in [1.29, 1.82) is 10.5 Å². The summed E-state index contributed by atoms with van der Waals surface area (Å²) in [5, 5.41) is 23.5. The number of hydrogen-bond donors (Lipinski definition) is 2. The number of rotatable bonds is 12. The molecule has 0 bridgehead atoms. The standard InChI is InChI=1S/C26H36N6O3S/c1-4-32-23(15-20(16-28)24(33)30-12-10-27)36-22(25(32)34)8-11-29-21-7-5-6-19(14-21)9-13-31-18-35-17-26(31,2)3/h5-7,14,20,22-23,29H,4,8-9,11-13,15,17-18H2,1-3H3,(H,30,33). The van der Waals surface area contributed by atoms with Crippen LogP contribution in [0, 0.1) is 28.6 Å². The van der Waals surface area contributed by atoms with Gasteiger partial charge in [-0.15, -0.1) is 11.8 Å². The van der Waals surface area contributed by atoms with Crippen molar-refractivity contribution in [2.45, 2.75) is 56.2 Å². The van der Waals surface area contributed by atoms with Crippen LogP contribution in [0.1, 0.15) is 39.2 Å². The largest absolute Gasteiger partial charge is 0.385 e. The highest BCUT2D eigenvalue weighted by atomic mass is 32.2. The maximum absolute atomic E-state index is 13.0. The smallest absolute Gasteiger partial charge is 0.238 e. The van der Waals surface area contributed by atoms with Crippen molar-refractivity contribution in [1.82, 2.24) is 15.1 Å². The van der Waals surface area contributed by atoms with Crippen LogP contribution in [0.5, 0.6) is 0 Å². The maximum atomic E-state index is 13.0. The molecule has 0 aliphatic carbocycles.